The number of nitrogens with one attached hydrogen (secondary N) is 1. The number of piperazine rings is 1. The molecule has 1 fully saturated rings. The van der Waals surface area contributed by atoms with Crippen LogP contribution in [0.2, 0.25) is 0 Å². The molecule has 1 aliphatic carbocycles. The summed E-state index contributed by atoms with van der Waals surface area (Å²) in [7, 11) is 0. The molecule has 0 bridgehead atoms. The van der Waals surface area contributed by atoms with E-state index < -0.39 is 0 Å². The van der Waals surface area contributed by atoms with E-state index in [4.69, 9.17) is 14.9 Å². The zero-order valence-electron chi connectivity index (χ0n) is 18.0. The highest BCUT2D eigenvalue weighted by Gasteiger charge is 2.25. The Labute approximate surface area is 187 Å². The van der Waals surface area contributed by atoms with Crippen LogP contribution in [0.15, 0.2) is 60.2 Å². The Balaban J connectivity index is 1.26. The number of benzene rings is 2. The molecule has 0 spiro atoms. The molecular formula is C25H27N3O4. The number of hydrogen-bond acceptors (Lipinski definition) is 5. The lowest BCUT2D eigenvalue weighted by molar-refractivity contribution is -0.134. The second-order valence-electron chi connectivity index (χ2n) is 7.81. The van der Waals surface area contributed by atoms with Gasteiger partial charge in [-0.3, -0.25) is 4.79 Å². The molecule has 166 valence electrons. The number of nitrogens with zero attached hydrogens (tertiary/aromatic N) is 2. The average Bonchev–Trinajstić information content (AvgIpc) is 2.86. The fourth-order valence-electron chi connectivity index (χ4n) is 3.93. The third kappa shape index (κ3) is 4.99. The van der Waals surface area contributed by atoms with E-state index in [1.165, 1.54) is 6.21 Å². The van der Waals surface area contributed by atoms with Crippen molar-refractivity contribution in [3.63, 3.8) is 0 Å². The molecule has 1 heterocycles. The summed E-state index contributed by atoms with van der Waals surface area (Å²) in [5.74, 6) is 0.503. The Kier molecular flexibility index (Phi) is 6.84. The predicted molar refractivity (Wildman–Crippen MR) is 123 cm³/mol. The van der Waals surface area contributed by atoms with Gasteiger partial charge in [0.25, 0.3) is 5.91 Å². The summed E-state index contributed by atoms with van der Waals surface area (Å²) >= 11 is 0. The van der Waals surface area contributed by atoms with Gasteiger partial charge < -0.3 is 24.7 Å². The standard InChI is InChI=1S/C25H27N3O4/c26-16-20-10-11-23(22-9-5-4-8-21(20)22)31-18-24(29)27-12-14-28(15-13-27)25(30)32-17-19-6-2-1-3-7-19/h2,4-11,16,26H,1,3,12-15,17-18H2. The maximum atomic E-state index is 12.7. The van der Waals surface area contributed by atoms with Crippen LogP contribution in [0.5, 0.6) is 5.75 Å². The highest BCUT2D eigenvalue weighted by molar-refractivity contribution is 6.01. The number of allylic oxidation sites excluding steroid dienone is 2. The van der Waals surface area contributed by atoms with Crippen LogP contribution in [-0.4, -0.2) is 67.4 Å². The fourth-order valence-corrected chi connectivity index (χ4v) is 3.93. The van der Waals surface area contributed by atoms with Crippen molar-refractivity contribution in [2.45, 2.75) is 12.8 Å². The monoisotopic (exact) mass is 433 g/mol. The topological polar surface area (TPSA) is 82.9 Å². The molecule has 0 saturated carbocycles. The van der Waals surface area contributed by atoms with Crippen LogP contribution in [0, 0.1) is 5.41 Å². The predicted octanol–water partition coefficient (Wildman–Crippen LogP) is 3.77. The maximum Gasteiger partial charge on any atom is 0.410 e. The van der Waals surface area contributed by atoms with Gasteiger partial charge in [-0.05, 0) is 35.9 Å². The Bertz CT molecular complexity index is 1070. The Hall–Kier alpha value is -3.61. The van der Waals surface area contributed by atoms with Crippen LogP contribution in [0.4, 0.5) is 4.79 Å². The molecule has 0 unspecified atom stereocenters. The van der Waals surface area contributed by atoms with E-state index in [9.17, 15) is 9.59 Å². The van der Waals surface area contributed by atoms with Crippen LogP contribution < -0.4 is 4.74 Å². The van der Waals surface area contributed by atoms with Crippen molar-refractivity contribution in [1.82, 2.24) is 9.80 Å². The number of hydrogen-bond donors (Lipinski definition) is 1. The van der Waals surface area contributed by atoms with Crippen molar-refractivity contribution in [3.8, 4) is 5.75 Å². The van der Waals surface area contributed by atoms with Crippen molar-refractivity contribution >= 4 is 29.0 Å². The molecule has 2 aromatic rings. The lowest BCUT2D eigenvalue weighted by atomic mass is 10.0. The normalized spacial score (nSPS) is 15.9. The molecule has 2 aliphatic rings. The lowest BCUT2D eigenvalue weighted by Gasteiger charge is -2.34. The first kappa shape index (κ1) is 21.6. The van der Waals surface area contributed by atoms with Crippen LogP contribution in [0.3, 0.4) is 0 Å². The van der Waals surface area contributed by atoms with Crippen LogP contribution >= 0.6 is 0 Å². The van der Waals surface area contributed by atoms with Gasteiger partial charge in [0.1, 0.15) is 12.4 Å². The molecule has 1 saturated heterocycles. The molecule has 0 radical (unpaired) electrons. The first-order chi connectivity index (χ1) is 15.7. The molecule has 32 heavy (non-hydrogen) atoms. The third-order valence-corrected chi connectivity index (χ3v) is 5.75. The molecule has 2 amide bonds. The van der Waals surface area contributed by atoms with E-state index in [1.807, 2.05) is 36.4 Å². The first-order valence-electron chi connectivity index (χ1n) is 10.9. The van der Waals surface area contributed by atoms with Crippen LogP contribution in [-0.2, 0) is 9.53 Å². The number of ether oxygens (including phenoxy) is 2. The minimum Gasteiger partial charge on any atom is -0.483 e. The Morgan fingerprint density at radius 2 is 1.72 bits per heavy atom. The van der Waals surface area contributed by atoms with Gasteiger partial charge in [0.15, 0.2) is 6.61 Å². The minimum absolute atomic E-state index is 0.0706. The Morgan fingerprint density at radius 3 is 2.44 bits per heavy atom. The zero-order chi connectivity index (χ0) is 22.3. The zero-order valence-corrected chi connectivity index (χ0v) is 18.0. The van der Waals surface area contributed by atoms with Crippen molar-refractivity contribution < 1.29 is 19.1 Å². The molecule has 2 aromatic carbocycles. The molecule has 0 atom stereocenters. The number of fused-ring (bicyclic) bond motifs is 1. The van der Waals surface area contributed by atoms with Crippen molar-refractivity contribution in [1.29, 1.82) is 5.41 Å². The van der Waals surface area contributed by atoms with E-state index in [1.54, 1.807) is 15.9 Å². The quantitative estimate of drug-likeness (QED) is 0.703. The van der Waals surface area contributed by atoms with Crippen molar-refractivity contribution in [3.05, 3.63) is 65.8 Å². The van der Waals surface area contributed by atoms with Gasteiger partial charge >= 0.3 is 6.09 Å². The van der Waals surface area contributed by atoms with Gasteiger partial charge in [-0.2, -0.15) is 0 Å². The largest absolute Gasteiger partial charge is 0.483 e. The van der Waals surface area contributed by atoms with E-state index in [0.717, 1.165) is 34.8 Å². The minimum atomic E-state index is -0.342. The summed E-state index contributed by atoms with van der Waals surface area (Å²) < 4.78 is 11.2. The molecule has 7 heteroatoms. The molecular weight excluding hydrogens is 406 g/mol. The molecule has 4 rings (SSSR count). The summed E-state index contributed by atoms with van der Waals surface area (Å²) in [4.78, 5) is 28.3. The van der Waals surface area contributed by atoms with Gasteiger partial charge in [-0.15, -0.1) is 0 Å². The Morgan fingerprint density at radius 1 is 0.969 bits per heavy atom. The average molecular weight is 434 g/mol. The van der Waals surface area contributed by atoms with Gasteiger partial charge in [0.05, 0.1) is 0 Å². The summed E-state index contributed by atoms with van der Waals surface area (Å²) in [6, 6.07) is 11.3. The van der Waals surface area contributed by atoms with Gasteiger partial charge in [0, 0.05) is 43.3 Å². The smallest absolute Gasteiger partial charge is 0.410 e. The van der Waals surface area contributed by atoms with Gasteiger partial charge in [-0.1, -0.05) is 42.5 Å². The van der Waals surface area contributed by atoms with E-state index in [2.05, 4.69) is 12.2 Å². The summed E-state index contributed by atoms with van der Waals surface area (Å²) in [6.45, 7) is 2.00. The van der Waals surface area contributed by atoms with Gasteiger partial charge in [0.2, 0.25) is 0 Å². The van der Waals surface area contributed by atoms with E-state index >= 15 is 0 Å². The van der Waals surface area contributed by atoms with Crippen LogP contribution in [0.25, 0.3) is 10.8 Å². The third-order valence-electron chi connectivity index (χ3n) is 5.75. The highest BCUT2D eigenvalue weighted by Crippen LogP contribution is 2.28. The van der Waals surface area contributed by atoms with Crippen molar-refractivity contribution in [2.24, 2.45) is 0 Å². The van der Waals surface area contributed by atoms with Crippen LogP contribution in [0.1, 0.15) is 18.4 Å². The summed E-state index contributed by atoms with van der Waals surface area (Å²) in [5, 5.41) is 9.34. The van der Waals surface area contributed by atoms with Crippen molar-refractivity contribution in [2.75, 3.05) is 39.4 Å². The second kappa shape index (κ2) is 10.1. The number of amides is 2. The maximum absolute atomic E-state index is 12.7. The van der Waals surface area contributed by atoms with E-state index in [0.29, 0.717) is 31.9 Å². The summed E-state index contributed by atoms with van der Waals surface area (Å²) in [5.41, 5.74) is 1.83. The number of rotatable bonds is 6. The molecule has 0 aromatic heterocycles. The lowest BCUT2D eigenvalue weighted by Crippen LogP contribution is -2.51. The number of carbonyl (C=O) groups is 2. The second-order valence-corrected chi connectivity index (χ2v) is 7.81. The number of carbonyl (C=O) groups excluding carboxylic acids is 2. The summed E-state index contributed by atoms with van der Waals surface area (Å²) in [6.07, 6.45) is 9.15. The fraction of sp³-hybridized carbons (Fsp3) is 0.320. The molecule has 7 nitrogen and oxygen atoms in total. The molecule has 1 aliphatic heterocycles. The SMILES string of the molecule is N=Cc1ccc(OCC(=O)N2CCN(C(=O)OCC3=CCCC=C3)CC2)c2ccccc12. The highest BCUT2D eigenvalue weighted by atomic mass is 16.6. The van der Waals surface area contributed by atoms with Gasteiger partial charge in [-0.25, -0.2) is 4.79 Å². The molecule has 1 N–H and O–H groups in total. The first-order valence-corrected chi connectivity index (χ1v) is 10.9. The van der Waals surface area contributed by atoms with E-state index in [-0.39, 0.29) is 25.2 Å².